The molecule has 0 bridgehead atoms. The van der Waals surface area contributed by atoms with E-state index < -0.39 is 0 Å². The van der Waals surface area contributed by atoms with Crippen molar-refractivity contribution in [2.45, 2.75) is 26.7 Å². The molecule has 20 heavy (non-hydrogen) atoms. The molecule has 0 unspecified atom stereocenters. The van der Waals surface area contributed by atoms with Gasteiger partial charge in [-0.2, -0.15) is 10.1 Å². The highest BCUT2D eigenvalue weighted by atomic mass is 16.5. The van der Waals surface area contributed by atoms with E-state index in [4.69, 9.17) is 9.05 Å². The molecular formula is C13H13N5O2. The van der Waals surface area contributed by atoms with Crippen molar-refractivity contribution in [1.82, 2.24) is 25.5 Å². The molecule has 0 spiro atoms. The van der Waals surface area contributed by atoms with Gasteiger partial charge in [-0.05, 0) is 25.5 Å². The summed E-state index contributed by atoms with van der Waals surface area (Å²) in [7, 11) is 0. The summed E-state index contributed by atoms with van der Waals surface area (Å²) in [4.78, 5) is 4.25. The third-order valence-corrected chi connectivity index (χ3v) is 2.73. The van der Waals surface area contributed by atoms with Gasteiger partial charge in [-0.25, -0.2) is 0 Å². The van der Waals surface area contributed by atoms with Crippen LogP contribution in [-0.2, 0) is 6.42 Å². The van der Waals surface area contributed by atoms with Gasteiger partial charge in [0.25, 0.3) is 5.89 Å². The number of hydrogen-bond donors (Lipinski definition) is 0. The fourth-order valence-corrected chi connectivity index (χ4v) is 1.73. The van der Waals surface area contributed by atoms with Crippen LogP contribution >= 0.6 is 0 Å². The van der Waals surface area contributed by atoms with Crippen molar-refractivity contribution in [3.8, 4) is 23.1 Å². The fraction of sp³-hybridized carbons (Fsp3) is 0.308. The van der Waals surface area contributed by atoms with E-state index in [0.717, 1.165) is 24.3 Å². The Balaban J connectivity index is 1.87. The second kappa shape index (κ2) is 5.20. The summed E-state index contributed by atoms with van der Waals surface area (Å²) in [6, 6.07) is 5.44. The summed E-state index contributed by atoms with van der Waals surface area (Å²) < 4.78 is 10.4. The maximum absolute atomic E-state index is 5.18. The Morgan fingerprint density at radius 2 is 1.95 bits per heavy atom. The molecular weight excluding hydrogens is 258 g/mol. The Hall–Kier alpha value is -2.57. The van der Waals surface area contributed by atoms with Crippen LogP contribution in [-0.4, -0.2) is 25.5 Å². The summed E-state index contributed by atoms with van der Waals surface area (Å²) in [5.41, 5.74) is 1.92. The zero-order chi connectivity index (χ0) is 13.9. The van der Waals surface area contributed by atoms with Gasteiger partial charge in [-0.3, -0.25) is 0 Å². The maximum Gasteiger partial charge on any atom is 0.280 e. The third-order valence-electron chi connectivity index (χ3n) is 2.73. The monoisotopic (exact) mass is 271 g/mol. The van der Waals surface area contributed by atoms with Crippen molar-refractivity contribution in [3.05, 3.63) is 29.7 Å². The molecule has 0 aliphatic heterocycles. The Morgan fingerprint density at radius 3 is 2.70 bits per heavy atom. The summed E-state index contributed by atoms with van der Waals surface area (Å²) in [6.45, 7) is 3.94. The summed E-state index contributed by atoms with van der Waals surface area (Å²) in [5, 5.41) is 15.8. The van der Waals surface area contributed by atoms with Crippen molar-refractivity contribution in [1.29, 1.82) is 0 Å². The average molecular weight is 271 g/mol. The Labute approximate surface area is 115 Å². The van der Waals surface area contributed by atoms with Gasteiger partial charge < -0.3 is 9.05 Å². The zero-order valence-corrected chi connectivity index (χ0v) is 11.2. The van der Waals surface area contributed by atoms with Crippen molar-refractivity contribution in [3.63, 3.8) is 0 Å². The average Bonchev–Trinajstić information content (AvgIpc) is 3.08. The first-order valence-corrected chi connectivity index (χ1v) is 6.36. The van der Waals surface area contributed by atoms with E-state index in [-0.39, 0.29) is 0 Å². The lowest BCUT2D eigenvalue weighted by molar-refractivity contribution is 0.378. The third kappa shape index (κ3) is 2.42. The van der Waals surface area contributed by atoms with E-state index in [0.29, 0.717) is 23.1 Å². The fourth-order valence-electron chi connectivity index (χ4n) is 1.73. The lowest BCUT2D eigenvalue weighted by Gasteiger charge is -1.91. The van der Waals surface area contributed by atoms with Crippen LogP contribution in [0.25, 0.3) is 23.1 Å². The quantitative estimate of drug-likeness (QED) is 0.719. The van der Waals surface area contributed by atoms with Crippen molar-refractivity contribution in [2.24, 2.45) is 0 Å². The van der Waals surface area contributed by atoms with Gasteiger partial charge in [-0.1, -0.05) is 17.2 Å². The van der Waals surface area contributed by atoms with Gasteiger partial charge in [0.15, 0.2) is 5.69 Å². The Kier molecular flexibility index (Phi) is 3.24. The molecule has 0 aromatic carbocycles. The van der Waals surface area contributed by atoms with Crippen LogP contribution in [0.2, 0.25) is 0 Å². The molecule has 3 aromatic rings. The molecule has 0 N–H and O–H groups in total. The van der Waals surface area contributed by atoms with E-state index in [1.165, 1.54) is 0 Å². The SMILES string of the molecule is CCCc1cc(-c2nc(-c3ccc(C)nn3)no2)no1. The molecule has 7 heteroatoms. The lowest BCUT2D eigenvalue weighted by atomic mass is 10.2. The molecule has 102 valence electrons. The molecule has 3 heterocycles. The summed E-state index contributed by atoms with van der Waals surface area (Å²) >= 11 is 0. The lowest BCUT2D eigenvalue weighted by Crippen LogP contribution is -1.90. The number of rotatable bonds is 4. The zero-order valence-electron chi connectivity index (χ0n) is 11.2. The van der Waals surface area contributed by atoms with Gasteiger partial charge in [0.1, 0.15) is 11.5 Å². The molecule has 3 aromatic heterocycles. The first kappa shape index (κ1) is 12.5. The molecule has 0 saturated heterocycles. The minimum atomic E-state index is 0.313. The number of aryl methyl sites for hydroxylation is 2. The van der Waals surface area contributed by atoms with E-state index >= 15 is 0 Å². The van der Waals surface area contributed by atoms with Crippen LogP contribution in [0.3, 0.4) is 0 Å². The first-order chi connectivity index (χ1) is 9.76. The first-order valence-electron chi connectivity index (χ1n) is 6.36. The smallest absolute Gasteiger partial charge is 0.280 e. The highest BCUT2D eigenvalue weighted by Crippen LogP contribution is 2.21. The van der Waals surface area contributed by atoms with Gasteiger partial charge in [0.2, 0.25) is 5.82 Å². The predicted octanol–water partition coefficient (Wildman–Crippen LogP) is 2.44. The second-order valence-electron chi connectivity index (χ2n) is 4.41. The molecule has 0 aliphatic rings. The van der Waals surface area contributed by atoms with E-state index in [1.807, 2.05) is 19.1 Å². The Morgan fingerprint density at radius 1 is 1.05 bits per heavy atom. The van der Waals surface area contributed by atoms with Gasteiger partial charge in [0, 0.05) is 12.5 Å². The van der Waals surface area contributed by atoms with Crippen LogP contribution in [0.15, 0.2) is 27.2 Å². The van der Waals surface area contributed by atoms with Crippen molar-refractivity contribution < 1.29 is 9.05 Å². The van der Waals surface area contributed by atoms with Gasteiger partial charge in [0.05, 0.1) is 5.69 Å². The maximum atomic E-state index is 5.18. The Bertz CT molecular complexity index is 702. The topological polar surface area (TPSA) is 90.7 Å². The standard InChI is InChI=1S/C13H13N5O2/c1-3-4-9-7-11(17-19-9)13-14-12(18-20-13)10-6-5-8(2)15-16-10/h5-7H,3-4H2,1-2H3. The number of nitrogens with zero attached hydrogens (tertiary/aromatic N) is 5. The summed E-state index contributed by atoms with van der Waals surface area (Å²) in [5.74, 6) is 1.50. The molecule has 0 atom stereocenters. The molecule has 0 saturated carbocycles. The minimum absolute atomic E-state index is 0.313. The molecule has 3 rings (SSSR count). The largest absolute Gasteiger partial charge is 0.361 e. The molecule has 7 nitrogen and oxygen atoms in total. The molecule has 0 fully saturated rings. The van der Waals surface area contributed by atoms with Gasteiger partial charge >= 0.3 is 0 Å². The number of hydrogen-bond acceptors (Lipinski definition) is 7. The molecule has 0 amide bonds. The van der Waals surface area contributed by atoms with Crippen molar-refractivity contribution in [2.75, 3.05) is 0 Å². The van der Waals surface area contributed by atoms with Crippen molar-refractivity contribution >= 4 is 0 Å². The van der Waals surface area contributed by atoms with Crippen LogP contribution in [0.5, 0.6) is 0 Å². The van der Waals surface area contributed by atoms with Crippen LogP contribution in [0.4, 0.5) is 0 Å². The van der Waals surface area contributed by atoms with Crippen LogP contribution in [0, 0.1) is 6.92 Å². The highest BCUT2D eigenvalue weighted by molar-refractivity contribution is 5.53. The van der Waals surface area contributed by atoms with E-state index in [2.05, 4.69) is 32.4 Å². The van der Waals surface area contributed by atoms with Crippen LogP contribution in [0.1, 0.15) is 24.8 Å². The molecule has 0 radical (unpaired) electrons. The van der Waals surface area contributed by atoms with Crippen LogP contribution < -0.4 is 0 Å². The van der Waals surface area contributed by atoms with E-state index in [1.54, 1.807) is 6.07 Å². The minimum Gasteiger partial charge on any atom is -0.361 e. The highest BCUT2D eigenvalue weighted by Gasteiger charge is 2.15. The normalized spacial score (nSPS) is 10.9. The second-order valence-corrected chi connectivity index (χ2v) is 4.41. The summed E-state index contributed by atoms with van der Waals surface area (Å²) in [6.07, 6.45) is 1.82. The predicted molar refractivity (Wildman–Crippen MR) is 69.6 cm³/mol. The number of aromatic nitrogens is 5. The van der Waals surface area contributed by atoms with Gasteiger partial charge in [-0.15, -0.1) is 5.10 Å². The van der Waals surface area contributed by atoms with E-state index in [9.17, 15) is 0 Å². The molecule has 0 aliphatic carbocycles.